The number of fused-ring (bicyclic) bond motifs is 1. The first-order chi connectivity index (χ1) is 14.5. The third-order valence-corrected chi connectivity index (χ3v) is 5.27. The summed E-state index contributed by atoms with van der Waals surface area (Å²) in [4.78, 5) is 18.0. The van der Waals surface area contributed by atoms with Crippen LogP contribution < -0.4 is 15.0 Å². The van der Waals surface area contributed by atoms with Crippen molar-refractivity contribution in [1.29, 1.82) is 0 Å². The van der Waals surface area contributed by atoms with Crippen molar-refractivity contribution >= 4 is 33.0 Å². The molecule has 7 heteroatoms. The molecule has 0 amide bonds. The van der Waals surface area contributed by atoms with Gasteiger partial charge in [-0.3, -0.25) is 4.79 Å². The van der Waals surface area contributed by atoms with Crippen molar-refractivity contribution in [3.8, 4) is 11.5 Å². The van der Waals surface area contributed by atoms with E-state index in [1.807, 2.05) is 37.3 Å². The van der Waals surface area contributed by atoms with E-state index in [1.54, 1.807) is 25.5 Å². The number of para-hydroxylation sites is 1. The smallest absolute Gasteiger partial charge is 0.282 e. The lowest BCUT2D eigenvalue weighted by atomic mass is 10.1. The van der Waals surface area contributed by atoms with Gasteiger partial charge in [0, 0.05) is 16.0 Å². The Morgan fingerprint density at radius 2 is 2.13 bits per heavy atom. The quantitative estimate of drug-likeness (QED) is 0.338. The Bertz CT molecular complexity index is 1150. The van der Waals surface area contributed by atoms with Gasteiger partial charge in [-0.25, -0.2) is 4.98 Å². The molecule has 0 N–H and O–H groups in total. The van der Waals surface area contributed by atoms with Gasteiger partial charge in [0.05, 0.1) is 24.2 Å². The number of halogens is 1. The fraction of sp³-hybridized carbons (Fsp3) is 0.261. The normalized spacial score (nSPS) is 12.3. The molecule has 0 bridgehead atoms. The SMILES string of the molecule is C=CCOc1c(C=Nn2c([C@H](C)CC)nc3ccc(Br)cc3c2=O)cccc1OC. The maximum atomic E-state index is 13.2. The zero-order chi connectivity index (χ0) is 21.7. The number of benzene rings is 2. The molecule has 30 heavy (non-hydrogen) atoms. The second-order valence-corrected chi connectivity index (χ2v) is 7.70. The van der Waals surface area contributed by atoms with E-state index >= 15 is 0 Å². The number of hydrogen-bond acceptors (Lipinski definition) is 5. The van der Waals surface area contributed by atoms with Gasteiger partial charge in [0.1, 0.15) is 12.4 Å². The minimum Gasteiger partial charge on any atom is -0.493 e. The van der Waals surface area contributed by atoms with Crippen LogP contribution in [-0.2, 0) is 0 Å². The van der Waals surface area contributed by atoms with Gasteiger partial charge in [-0.15, -0.1) is 0 Å². The minimum atomic E-state index is -0.218. The van der Waals surface area contributed by atoms with E-state index < -0.39 is 0 Å². The molecule has 156 valence electrons. The Labute approximate surface area is 184 Å². The summed E-state index contributed by atoms with van der Waals surface area (Å²) in [5, 5.41) is 5.01. The Hall–Kier alpha value is -2.93. The molecule has 0 saturated carbocycles. The Kier molecular flexibility index (Phi) is 7.05. The van der Waals surface area contributed by atoms with Gasteiger partial charge in [-0.1, -0.05) is 48.5 Å². The summed E-state index contributed by atoms with van der Waals surface area (Å²) in [6, 6.07) is 11.0. The van der Waals surface area contributed by atoms with Gasteiger partial charge in [0.2, 0.25) is 0 Å². The van der Waals surface area contributed by atoms with Crippen LogP contribution in [0.4, 0.5) is 0 Å². The maximum absolute atomic E-state index is 13.2. The molecule has 3 aromatic rings. The highest BCUT2D eigenvalue weighted by Gasteiger charge is 2.16. The van der Waals surface area contributed by atoms with Gasteiger partial charge in [0.25, 0.3) is 5.56 Å². The summed E-state index contributed by atoms with van der Waals surface area (Å²) in [6.45, 7) is 8.10. The van der Waals surface area contributed by atoms with Crippen LogP contribution in [0.5, 0.6) is 11.5 Å². The van der Waals surface area contributed by atoms with E-state index in [9.17, 15) is 4.79 Å². The molecule has 1 atom stereocenters. The first-order valence-corrected chi connectivity index (χ1v) is 10.5. The first kappa shape index (κ1) is 21.8. The third-order valence-electron chi connectivity index (χ3n) is 4.77. The summed E-state index contributed by atoms with van der Waals surface area (Å²) in [7, 11) is 1.58. The molecule has 6 nitrogen and oxygen atoms in total. The monoisotopic (exact) mass is 469 g/mol. The van der Waals surface area contributed by atoms with Crippen LogP contribution in [0.2, 0.25) is 0 Å². The molecule has 0 unspecified atom stereocenters. The van der Waals surface area contributed by atoms with E-state index in [0.29, 0.717) is 40.4 Å². The Morgan fingerprint density at radius 1 is 1.33 bits per heavy atom. The lowest BCUT2D eigenvalue weighted by Gasteiger charge is -2.15. The van der Waals surface area contributed by atoms with Crippen LogP contribution in [0.3, 0.4) is 0 Å². The molecule has 0 spiro atoms. The first-order valence-electron chi connectivity index (χ1n) is 9.67. The number of rotatable bonds is 8. The van der Waals surface area contributed by atoms with Gasteiger partial charge in [-0.05, 0) is 36.8 Å². The molecule has 0 aliphatic carbocycles. The van der Waals surface area contributed by atoms with Crippen molar-refractivity contribution in [2.75, 3.05) is 13.7 Å². The van der Waals surface area contributed by atoms with Gasteiger partial charge in [0.15, 0.2) is 11.5 Å². The summed E-state index contributed by atoms with van der Waals surface area (Å²) in [6.07, 6.45) is 4.08. The van der Waals surface area contributed by atoms with E-state index in [-0.39, 0.29) is 11.5 Å². The molecule has 0 fully saturated rings. The molecule has 0 aliphatic heterocycles. The predicted molar refractivity (Wildman–Crippen MR) is 124 cm³/mol. The highest BCUT2D eigenvalue weighted by Crippen LogP contribution is 2.30. The van der Waals surface area contributed by atoms with Crippen molar-refractivity contribution in [3.05, 3.63) is 75.3 Å². The number of methoxy groups -OCH3 is 1. The second kappa shape index (κ2) is 9.71. The highest BCUT2D eigenvalue weighted by atomic mass is 79.9. The third kappa shape index (κ3) is 4.46. The number of aromatic nitrogens is 2. The zero-order valence-electron chi connectivity index (χ0n) is 17.3. The van der Waals surface area contributed by atoms with E-state index in [4.69, 9.17) is 14.5 Å². The highest BCUT2D eigenvalue weighted by molar-refractivity contribution is 9.10. The van der Waals surface area contributed by atoms with Crippen LogP contribution in [-0.4, -0.2) is 29.6 Å². The van der Waals surface area contributed by atoms with E-state index in [1.165, 1.54) is 4.68 Å². The van der Waals surface area contributed by atoms with Crippen LogP contribution in [0, 0.1) is 0 Å². The molecule has 0 aliphatic rings. The fourth-order valence-corrected chi connectivity index (χ4v) is 3.35. The lowest BCUT2D eigenvalue weighted by Crippen LogP contribution is -2.23. The Morgan fingerprint density at radius 3 is 2.83 bits per heavy atom. The van der Waals surface area contributed by atoms with E-state index in [0.717, 1.165) is 10.9 Å². The molecule has 1 heterocycles. The number of nitrogens with zero attached hydrogens (tertiary/aromatic N) is 3. The van der Waals surface area contributed by atoms with Crippen LogP contribution in [0.1, 0.15) is 37.6 Å². The molecule has 1 aromatic heterocycles. The van der Waals surface area contributed by atoms with Crippen LogP contribution in [0.15, 0.2) is 63.4 Å². The largest absolute Gasteiger partial charge is 0.493 e. The van der Waals surface area contributed by atoms with Crippen molar-refractivity contribution in [2.24, 2.45) is 5.10 Å². The summed E-state index contributed by atoms with van der Waals surface area (Å²) in [5.74, 6) is 1.80. The van der Waals surface area contributed by atoms with E-state index in [2.05, 4.69) is 34.5 Å². The second-order valence-electron chi connectivity index (χ2n) is 6.78. The zero-order valence-corrected chi connectivity index (χ0v) is 18.8. The average Bonchev–Trinajstić information content (AvgIpc) is 2.76. The molecule has 0 saturated heterocycles. The average molecular weight is 470 g/mol. The van der Waals surface area contributed by atoms with Crippen molar-refractivity contribution < 1.29 is 9.47 Å². The summed E-state index contributed by atoms with van der Waals surface area (Å²) < 4.78 is 13.4. The van der Waals surface area contributed by atoms with Crippen LogP contribution >= 0.6 is 15.9 Å². The van der Waals surface area contributed by atoms with Crippen molar-refractivity contribution in [1.82, 2.24) is 9.66 Å². The summed E-state index contributed by atoms with van der Waals surface area (Å²) in [5.41, 5.74) is 1.12. The Balaban J connectivity index is 2.17. The van der Waals surface area contributed by atoms with Gasteiger partial charge in [-0.2, -0.15) is 9.78 Å². The van der Waals surface area contributed by atoms with Gasteiger partial charge < -0.3 is 9.47 Å². The van der Waals surface area contributed by atoms with Gasteiger partial charge >= 0.3 is 0 Å². The molecule has 3 rings (SSSR count). The molecule has 0 radical (unpaired) electrons. The fourth-order valence-electron chi connectivity index (χ4n) is 2.99. The molecular weight excluding hydrogens is 446 g/mol. The standard InChI is InChI=1S/C23H24BrN3O3/c1-5-12-30-21-16(8-7-9-20(21)29-4)14-25-27-22(15(3)6-2)26-19-11-10-17(24)13-18(19)23(27)28/h5,7-11,13-15H,1,6,12H2,2-4H3/t15-/m1/s1. The maximum Gasteiger partial charge on any atom is 0.282 e. The topological polar surface area (TPSA) is 65.7 Å². The van der Waals surface area contributed by atoms with Crippen molar-refractivity contribution in [2.45, 2.75) is 26.2 Å². The molecule has 2 aromatic carbocycles. The minimum absolute atomic E-state index is 0.0599. The predicted octanol–water partition coefficient (Wildman–Crippen LogP) is 5.13. The van der Waals surface area contributed by atoms with Crippen molar-refractivity contribution in [3.63, 3.8) is 0 Å². The summed E-state index contributed by atoms with van der Waals surface area (Å²) >= 11 is 3.42. The number of hydrogen-bond donors (Lipinski definition) is 0. The molecular formula is C23H24BrN3O3. The van der Waals surface area contributed by atoms with Crippen LogP contribution in [0.25, 0.3) is 10.9 Å². The number of ether oxygens (including phenoxy) is 2. The lowest BCUT2D eigenvalue weighted by molar-refractivity contribution is 0.326.